The summed E-state index contributed by atoms with van der Waals surface area (Å²) in [5, 5.41) is 29.9. The van der Waals surface area contributed by atoms with Crippen LogP contribution >= 0.6 is 0 Å². The number of aromatic nitrogens is 8. The molecule has 30 heteroatoms. The predicted octanol–water partition coefficient (Wildman–Crippen LogP) is 4.12. The molecular weight excluding hydrogens is 931 g/mol. The first kappa shape index (κ1) is 50.7. The lowest BCUT2D eigenvalue weighted by molar-refractivity contribution is -0.757. The van der Waals surface area contributed by atoms with Crippen LogP contribution in [0.5, 0.6) is 23.1 Å². The number of carbonyl (C=O) groups excluding carboxylic acids is 2. The Balaban J connectivity index is 1.56. The van der Waals surface area contributed by atoms with E-state index in [1.807, 2.05) is 0 Å². The summed E-state index contributed by atoms with van der Waals surface area (Å²) in [5.41, 5.74) is 0.874. The van der Waals surface area contributed by atoms with Gasteiger partial charge in [-0.15, -0.1) is 25.3 Å². The average Bonchev–Trinajstić information content (AvgIpc) is 3.80. The highest BCUT2D eigenvalue weighted by Crippen LogP contribution is 2.44. The molecule has 4 heterocycles. The van der Waals surface area contributed by atoms with Gasteiger partial charge in [0.25, 0.3) is 26.1 Å². The fourth-order valence-corrected chi connectivity index (χ4v) is 6.57. The summed E-state index contributed by atoms with van der Waals surface area (Å²) >= 11 is 0. The Morgan fingerprint density at radius 1 is 0.794 bits per heavy atom. The number of hydrogen-bond donors (Lipinski definition) is 0. The molecule has 68 heavy (non-hydrogen) atoms. The number of carbonyl (C=O) groups is 2. The highest BCUT2D eigenvalue weighted by Gasteiger charge is 2.35. The number of hydrogen-bond acceptors (Lipinski definition) is 25. The fourth-order valence-electron chi connectivity index (χ4n) is 5.38. The Morgan fingerprint density at radius 3 is 2.12 bits per heavy atom. The molecule has 0 atom stereocenters. The summed E-state index contributed by atoms with van der Waals surface area (Å²) in [6.45, 7) is -0.864. The standard InChI is InChI=1S/C38H43N11O18S/c1-26-12-13-31(40-23-26)68(56,57)47(25-64-38(51)62-17-7-9-19-66-49(54)55)35-32(67-30-11-5-4-10-29(30)59-3)36(60-21-20-58-2)42-33(41-35)27-14-15-39-28(22-27)34-43-44-45-46(34)24-63-37(50)61-16-6-8-18-65-48(52)53/h4-5,10-15,22-23H,6-9,16-21,24-25H2,1-3H3. The van der Waals surface area contributed by atoms with Crippen molar-refractivity contribution in [2.75, 3.05) is 64.9 Å². The Hall–Kier alpha value is -8.28. The highest BCUT2D eigenvalue weighted by molar-refractivity contribution is 7.92. The van der Waals surface area contributed by atoms with E-state index >= 15 is 0 Å². The molecule has 1 aromatic carbocycles. The largest absolute Gasteiger partial charge is 0.510 e. The van der Waals surface area contributed by atoms with Crippen LogP contribution in [-0.2, 0) is 50.1 Å². The summed E-state index contributed by atoms with van der Waals surface area (Å²) < 4.78 is 74.8. The summed E-state index contributed by atoms with van der Waals surface area (Å²) in [4.78, 5) is 72.2. The topological polar surface area (TPSA) is 345 Å². The van der Waals surface area contributed by atoms with Gasteiger partial charge in [0.2, 0.25) is 11.6 Å². The van der Waals surface area contributed by atoms with Crippen molar-refractivity contribution in [3.05, 3.63) is 86.7 Å². The summed E-state index contributed by atoms with van der Waals surface area (Å²) in [6, 6.07) is 12.0. The quantitative estimate of drug-likeness (QED) is 0.0224. The highest BCUT2D eigenvalue weighted by atomic mass is 32.2. The minimum Gasteiger partial charge on any atom is -0.493 e. The van der Waals surface area contributed by atoms with Crippen LogP contribution in [0.2, 0.25) is 0 Å². The zero-order valence-corrected chi connectivity index (χ0v) is 37.3. The molecule has 364 valence electrons. The van der Waals surface area contributed by atoms with Gasteiger partial charge < -0.3 is 47.6 Å². The molecule has 0 fully saturated rings. The first-order valence-electron chi connectivity index (χ1n) is 20.0. The van der Waals surface area contributed by atoms with E-state index in [2.05, 4.69) is 45.1 Å². The summed E-state index contributed by atoms with van der Waals surface area (Å²) in [5.74, 6) is -1.23. The molecular formula is C38H43N11O18S. The smallest absolute Gasteiger partial charge is 0.493 e. The van der Waals surface area contributed by atoms with Crippen molar-refractivity contribution in [1.82, 2.24) is 40.1 Å². The Labute approximate surface area is 385 Å². The molecule has 0 aliphatic carbocycles. The third-order valence-corrected chi connectivity index (χ3v) is 10.2. The molecule has 0 N–H and O–H groups in total. The Bertz CT molecular complexity index is 2590. The number of methoxy groups -OCH3 is 2. The van der Waals surface area contributed by atoms with Gasteiger partial charge in [0, 0.05) is 25.1 Å². The maximum Gasteiger partial charge on any atom is 0.510 e. The number of para-hydroxylation sites is 2. The lowest BCUT2D eigenvalue weighted by Crippen LogP contribution is -2.36. The maximum atomic E-state index is 14.7. The number of rotatable bonds is 28. The lowest BCUT2D eigenvalue weighted by Gasteiger charge is -2.26. The van der Waals surface area contributed by atoms with Crippen LogP contribution in [0.3, 0.4) is 0 Å². The second kappa shape index (κ2) is 25.4. The minimum atomic E-state index is -4.85. The molecule has 0 radical (unpaired) electrons. The van der Waals surface area contributed by atoms with E-state index in [0.717, 1.165) is 4.68 Å². The van der Waals surface area contributed by atoms with E-state index in [-0.39, 0.29) is 106 Å². The predicted molar refractivity (Wildman–Crippen MR) is 225 cm³/mol. The fraction of sp³-hybridized carbons (Fsp3) is 0.395. The number of aryl methyl sites for hydroxylation is 1. The van der Waals surface area contributed by atoms with Crippen LogP contribution in [0.15, 0.2) is 66.0 Å². The molecule has 0 saturated heterocycles. The molecule has 0 aliphatic rings. The van der Waals surface area contributed by atoms with Gasteiger partial charge in [0.05, 0.1) is 40.1 Å². The van der Waals surface area contributed by atoms with Crippen molar-refractivity contribution in [3.63, 3.8) is 0 Å². The van der Waals surface area contributed by atoms with Gasteiger partial charge in [-0.1, -0.05) is 18.2 Å². The van der Waals surface area contributed by atoms with E-state index in [1.165, 1.54) is 56.9 Å². The van der Waals surface area contributed by atoms with Crippen molar-refractivity contribution in [1.29, 1.82) is 0 Å². The molecule has 0 saturated carbocycles. The molecule has 0 bridgehead atoms. The van der Waals surface area contributed by atoms with E-state index in [9.17, 15) is 38.2 Å². The molecule has 0 spiro atoms. The summed E-state index contributed by atoms with van der Waals surface area (Å²) in [6.07, 6.45) is 1.03. The molecule has 4 aromatic heterocycles. The zero-order chi connectivity index (χ0) is 48.9. The van der Waals surface area contributed by atoms with Crippen molar-refractivity contribution in [3.8, 4) is 46.0 Å². The molecule has 0 unspecified atom stereocenters. The van der Waals surface area contributed by atoms with Gasteiger partial charge in [-0.25, -0.2) is 23.9 Å². The number of benzene rings is 1. The van der Waals surface area contributed by atoms with Crippen molar-refractivity contribution < 1.29 is 75.8 Å². The number of tetrazole rings is 1. The van der Waals surface area contributed by atoms with Crippen LogP contribution < -0.4 is 18.5 Å². The van der Waals surface area contributed by atoms with Gasteiger partial charge in [-0.2, -0.15) is 18.1 Å². The number of sulfonamides is 1. The SMILES string of the molecule is COCCOc1nc(-c2ccnc(-c3nnnn3COC(=O)OCCCCO[N+](=O)[O-])c2)nc(N(COC(=O)OCCCCO[N+](=O)[O-])S(=O)(=O)c2ccc(C)cn2)c1Oc1ccccc1OC. The van der Waals surface area contributed by atoms with Gasteiger partial charge in [-0.3, -0.25) is 4.98 Å². The molecule has 0 amide bonds. The monoisotopic (exact) mass is 973 g/mol. The number of pyridine rings is 2. The molecule has 5 rings (SSSR count). The van der Waals surface area contributed by atoms with Crippen LogP contribution in [-0.4, -0.2) is 132 Å². The van der Waals surface area contributed by atoms with Gasteiger partial charge in [0.1, 0.15) is 12.3 Å². The summed E-state index contributed by atoms with van der Waals surface area (Å²) in [7, 11) is -2.05. The second-order valence-electron chi connectivity index (χ2n) is 13.3. The molecule has 29 nitrogen and oxygen atoms in total. The maximum absolute atomic E-state index is 14.7. The lowest BCUT2D eigenvalue weighted by atomic mass is 10.2. The van der Waals surface area contributed by atoms with Crippen LogP contribution in [0.25, 0.3) is 22.9 Å². The number of nitrogens with zero attached hydrogens (tertiary/aromatic N) is 11. The number of anilines is 1. The molecule has 0 aliphatic heterocycles. The van der Waals surface area contributed by atoms with E-state index in [4.69, 9.17) is 37.9 Å². The average molecular weight is 974 g/mol. The third-order valence-electron chi connectivity index (χ3n) is 8.59. The first-order valence-corrected chi connectivity index (χ1v) is 21.4. The second-order valence-corrected chi connectivity index (χ2v) is 15.1. The van der Waals surface area contributed by atoms with E-state index < -0.39 is 62.6 Å². The van der Waals surface area contributed by atoms with Crippen LogP contribution in [0.4, 0.5) is 15.4 Å². The normalized spacial score (nSPS) is 10.9. The van der Waals surface area contributed by atoms with E-state index in [1.54, 1.807) is 25.1 Å². The van der Waals surface area contributed by atoms with E-state index in [0.29, 0.717) is 9.87 Å². The third kappa shape index (κ3) is 14.9. The molecule has 5 aromatic rings. The van der Waals surface area contributed by atoms with Crippen LogP contribution in [0.1, 0.15) is 31.2 Å². The number of unbranched alkanes of at least 4 members (excludes halogenated alkanes) is 2. The van der Waals surface area contributed by atoms with Crippen molar-refractivity contribution in [2.45, 2.75) is 44.4 Å². The minimum absolute atomic E-state index is 0.0173. The first-order chi connectivity index (χ1) is 32.8. The van der Waals surface area contributed by atoms with Gasteiger partial charge in [-0.05, 0) is 78.9 Å². The Kier molecular flexibility index (Phi) is 19.0. The van der Waals surface area contributed by atoms with Gasteiger partial charge in [0.15, 0.2) is 41.6 Å². The van der Waals surface area contributed by atoms with Crippen LogP contribution in [0, 0.1) is 27.2 Å². The zero-order valence-electron chi connectivity index (χ0n) is 36.4. The van der Waals surface area contributed by atoms with Gasteiger partial charge >= 0.3 is 12.3 Å². The van der Waals surface area contributed by atoms with Crippen molar-refractivity contribution in [2.24, 2.45) is 0 Å². The number of ether oxygens (including phenoxy) is 8. The van der Waals surface area contributed by atoms with Crippen molar-refractivity contribution >= 4 is 28.2 Å². The Morgan fingerprint density at radius 2 is 1.47 bits per heavy atom.